The van der Waals surface area contributed by atoms with E-state index in [9.17, 15) is 0 Å². The summed E-state index contributed by atoms with van der Waals surface area (Å²) in [7, 11) is 0. The van der Waals surface area contributed by atoms with Gasteiger partial charge < -0.3 is 4.74 Å². The summed E-state index contributed by atoms with van der Waals surface area (Å²) in [5.74, 6) is 0.765. The highest BCUT2D eigenvalue weighted by atomic mass is 16.5. The van der Waals surface area contributed by atoms with Crippen LogP contribution in [0.5, 0.6) is 0 Å². The van der Waals surface area contributed by atoms with Gasteiger partial charge in [-0.05, 0) is 32.6 Å². The van der Waals surface area contributed by atoms with Crippen molar-refractivity contribution < 1.29 is 4.74 Å². The van der Waals surface area contributed by atoms with Gasteiger partial charge in [0, 0.05) is 0 Å². The van der Waals surface area contributed by atoms with Gasteiger partial charge in [-0.15, -0.1) is 0 Å². The highest BCUT2D eigenvalue weighted by molar-refractivity contribution is 4.70. The Morgan fingerprint density at radius 1 is 1.11 bits per heavy atom. The molecule has 0 aromatic carbocycles. The molecule has 1 aliphatic heterocycles. The maximum atomic E-state index is 5.60. The van der Waals surface area contributed by atoms with Gasteiger partial charge in [0.2, 0.25) is 0 Å². The van der Waals surface area contributed by atoms with Crippen molar-refractivity contribution in [2.24, 2.45) is 5.92 Å². The molecule has 0 saturated carbocycles. The van der Waals surface area contributed by atoms with Gasteiger partial charge in [-0.25, -0.2) is 0 Å². The summed E-state index contributed by atoms with van der Waals surface area (Å²) in [6, 6.07) is 0. The van der Waals surface area contributed by atoms with E-state index in [2.05, 4.69) is 20.8 Å². The van der Waals surface area contributed by atoms with Gasteiger partial charge in [0.05, 0.1) is 12.2 Å². The predicted molar refractivity (Wildman–Crippen MR) is 38.4 cm³/mol. The largest absolute Gasteiger partial charge is 0.375 e. The molecule has 0 spiro atoms. The first kappa shape index (κ1) is 7.07. The maximum Gasteiger partial charge on any atom is 0.0576 e. The number of hydrogen-bond acceptors (Lipinski definition) is 1. The maximum absolute atomic E-state index is 5.60. The average Bonchev–Trinajstić information content (AvgIpc) is 1.80. The zero-order valence-corrected chi connectivity index (χ0v) is 6.55. The van der Waals surface area contributed by atoms with Gasteiger partial charge >= 0.3 is 0 Å². The van der Waals surface area contributed by atoms with E-state index in [1.165, 1.54) is 12.8 Å². The first-order chi connectivity index (χ1) is 4.20. The fourth-order valence-corrected chi connectivity index (χ4v) is 1.30. The molecule has 0 radical (unpaired) electrons. The molecule has 0 amide bonds. The minimum atomic E-state index is 0.480. The third-order valence-corrected chi connectivity index (χ3v) is 2.28. The van der Waals surface area contributed by atoms with Gasteiger partial charge in [0.15, 0.2) is 0 Å². The minimum Gasteiger partial charge on any atom is -0.375 e. The van der Waals surface area contributed by atoms with E-state index in [0.717, 1.165) is 5.92 Å². The summed E-state index contributed by atoms with van der Waals surface area (Å²) in [5.41, 5.74) is 0. The molecular weight excluding hydrogens is 112 g/mol. The molecule has 0 aromatic heterocycles. The quantitative estimate of drug-likeness (QED) is 0.486. The van der Waals surface area contributed by atoms with Crippen LogP contribution in [0, 0.1) is 5.92 Å². The van der Waals surface area contributed by atoms with Crippen LogP contribution in [0.15, 0.2) is 0 Å². The molecule has 0 N–H and O–H groups in total. The van der Waals surface area contributed by atoms with Crippen LogP contribution in [-0.4, -0.2) is 12.2 Å². The van der Waals surface area contributed by atoms with E-state index >= 15 is 0 Å². The van der Waals surface area contributed by atoms with E-state index in [1.807, 2.05) is 0 Å². The van der Waals surface area contributed by atoms with Crippen molar-refractivity contribution in [2.75, 3.05) is 0 Å². The molecule has 1 fully saturated rings. The SMILES string of the molecule is CC1CCC(C)[C@H](C)O1. The smallest absolute Gasteiger partial charge is 0.0576 e. The van der Waals surface area contributed by atoms with Crippen LogP contribution >= 0.6 is 0 Å². The summed E-state index contributed by atoms with van der Waals surface area (Å²) in [6.07, 6.45) is 3.55. The number of ether oxygens (including phenoxy) is 1. The summed E-state index contributed by atoms with van der Waals surface area (Å²) in [6.45, 7) is 6.58. The van der Waals surface area contributed by atoms with Crippen molar-refractivity contribution in [3.05, 3.63) is 0 Å². The lowest BCUT2D eigenvalue weighted by molar-refractivity contribution is -0.0594. The second kappa shape index (κ2) is 2.70. The molecule has 9 heavy (non-hydrogen) atoms. The van der Waals surface area contributed by atoms with Crippen LogP contribution in [0.3, 0.4) is 0 Å². The first-order valence-corrected chi connectivity index (χ1v) is 3.85. The van der Waals surface area contributed by atoms with Gasteiger partial charge in [0.25, 0.3) is 0 Å². The van der Waals surface area contributed by atoms with E-state index in [-0.39, 0.29) is 0 Å². The third-order valence-electron chi connectivity index (χ3n) is 2.28. The molecule has 0 aromatic rings. The average molecular weight is 128 g/mol. The van der Waals surface area contributed by atoms with Crippen LogP contribution in [0.4, 0.5) is 0 Å². The second-order valence-electron chi connectivity index (χ2n) is 3.21. The summed E-state index contributed by atoms with van der Waals surface area (Å²) < 4.78 is 5.60. The molecule has 1 aliphatic rings. The standard InChI is InChI=1S/C8H16O/c1-6-4-5-7(2)9-8(6)3/h6-8H,4-5H2,1-3H3/t6?,7?,8-/m0/s1. The van der Waals surface area contributed by atoms with E-state index < -0.39 is 0 Å². The van der Waals surface area contributed by atoms with Crippen LogP contribution in [0.1, 0.15) is 33.6 Å². The number of hydrogen-bond donors (Lipinski definition) is 0. The van der Waals surface area contributed by atoms with Crippen molar-refractivity contribution in [1.29, 1.82) is 0 Å². The van der Waals surface area contributed by atoms with Crippen molar-refractivity contribution >= 4 is 0 Å². The fraction of sp³-hybridized carbons (Fsp3) is 1.00. The zero-order chi connectivity index (χ0) is 6.85. The van der Waals surface area contributed by atoms with Gasteiger partial charge in [-0.3, -0.25) is 0 Å². The Morgan fingerprint density at radius 2 is 1.78 bits per heavy atom. The molecule has 1 rings (SSSR count). The molecule has 1 heteroatoms. The molecule has 2 unspecified atom stereocenters. The molecule has 1 heterocycles. The summed E-state index contributed by atoms with van der Waals surface area (Å²) in [4.78, 5) is 0. The highest BCUT2D eigenvalue weighted by Gasteiger charge is 2.21. The Balaban J connectivity index is 2.35. The number of rotatable bonds is 0. The first-order valence-electron chi connectivity index (χ1n) is 3.85. The minimum absolute atomic E-state index is 0.480. The molecule has 0 bridgehead atoms. The topological polar surface area (TPSA) is 9.23 Å². The fourth-order valence-electron chi connectivity index (χ4n) is 1.30. The van der Waals surface area contributed by atoms with E-state index in [0.29, 0.717) is 12.2 Å². The van der Waals surface area contributed by atoms with Gasteiger partial charge in [-0.2, -0.15) is 0 Å². The monoisotopic (exact) mass is 128 g/mol. The van der Waals surface area contributed by atoms with Crippen molar-refractivity contribution in [2.45, 2.75) is 45.8 Å². The van der Waals surface area contributed by atoms with Crippen LogP contribution in [0.25, 0.3) is 0 Å². The van der Waals surface area contributed by atoms with E-state index in [1.54, 1.807) is 0 Å². The Kier molecular flexibility index (Phi) is 2.12. The van der Waals surface area contributed by atoms with Crippen molar-refractivity contribution in [3.8, 4) is 0 Å². The van der Waals surface area contributed by atoms with Gasteiger partial charge in [0.1, 0.15) is 0 Å². The second-order valence-corrected chi connectivity index (χ2v) is 3.21. The molecule has 1 saturated heterocycles. The highest BCUT2D eigenvalue weighted by Crippen LogP contribution is 2.23. The normalized spacial score (nSPS) is 45.0. The molecular formula is C8H16O. The zero-order valence-electron chi connectivity index (χ0n) is 6.55. The lowest BCUT2D eigenvalue weighted by atomic mass is 9.95. The lowest BCUT2D eigenvalue weighted by Gasteiger charge is -2.30. The van der Waals surface area contributed by atoms with Crippen LogP contribution in [-0.2, 0) is 4.74 Å². The van der Waals surface area contributed by atoms with Crippen molar-refractivity contribution in [3.63, 3.8) is 0 Å². The van der Waals surface area contributed by atoms with Crippen LogP contribution < -0.4 is 0 Å². The Hall–Kier alpha value is -0.0400. The lowest BCUT2D eigenvalue weighted by Crippen LogP contribution is -2.29. The Bertz CT molecular complexity index is 90.6. The Labute approximate surface area is 57.4 Å². The molecule has 1 nitrogen and oxygen atoms in total. The Morgan fingerprint density at radius 3 is 2.22 bits per heavy atom. The third kappa shape index (κ3) is 1.68. The van der Waals surface area contributed by atoms with Crippen LogP contribution in [0.2, 0.25) is 0 Å². The molecule has 0 aliphatic carbocycles. The summed E-state index contributed by atoms with van der Waals surface area (Å²) in [5, 5.41) is 0. The summed E-state index contributed by atoms with van der Waals surface area (Å²) >= 11 is 0. The molecule has 3 atom stereocenters. The molecule has 54 valence electrons. The van der Waals surface area contributed by atoms with Gasteiger partial charge in [-0.1, -0.05) is 6.92 Å². The van der Waals surface area contributed by atoms with E-state index in [4.69, 9.17) is 4.74 Å². The predicted octanol–water partition coefficient (Wildman–Crippen LogP) is 2.21. The van der Waals surface area contributed by atoms with Crippen molar-refractivity contribution in [1.82, 2.24) is 0 Å².